The average molecular weight is 252 g/mol. The molecule has 0 radical (unpaired) electrons. The maximum Gasteiger partial charge on any atom is 0.104 e. The predicted octanol–water partition coefficient (Wildman–Crippen LogP) is 3.86. The first-order chi connectivity index (χ1) is 8.51. The van der Waals surface area contributed by atoms with Crippen molar-refractivity contribution in [2.45, 2.75) is 64.6 Å². The zero-order chi connectivity index (χ0) is 13.8. The number of methoxy groups -OCH3 is 1. The second-order valence-corrected chi connectivity index (χ2v) is 5.46. The van der Waals surface area contributed by atoms with Gasteiger partial charge in [0.25, 0.3) is 0 Å². The van der Waals surface area contributed by atoms with Crippen LogP contribution in [-0.2, 0) is 4.74 Å². The highest BCUT2D eigenvalue weighted by Crippen LogP contribution is 2.49. The molecule has 104 valence electrons. The van der Waals surface area contributed by atoms with Crippen molar-refractivity contribution in [3.8, 4) is 0 Å². The minimum Gasteiger partial charge on any atom is -0.387 e. The highest BCUT2D eigenvalue weighted by molar-refractivity contribution is 5.26. The second-order valence-electron chi connectivity index (χ2n) is 5.46. The molecule has 2 atom stereocenters. The van der Waals surface area contributed by atoms with Crippen LogP contribution in [0.25, 0.3) is 0 Å². The largest absolute Gasteiger partial charge is 0.387 e. The van der Waals surface area contributed by atoms with Crippen LogP contribution in [0.5, 0.6) is 0 Å². The third-order valence-corrected chi connectivity index (χ3v) is 4.79. The first kappa shape index (κ1) is 15.5. The van der Waals surface area contributed by atoms with Gasteiger partial charge in [-0.1, -0.05) is 38.5 Å². The van der Waals surface area contributed by atoms with Crippen LogP contribution in [0.4, 0.5) is 0 Å². The molecular weight excluding hydrogens is 224 g/mol. The summed E-state index contributed by atoms with van der Waals surface area (Å²) in [7, 11) is 1.68. The Labute approximate surface area is 112 Å². The van der Waals surface area contributed by atoms with Gasteiger partial charge in [0, 0.05) is 7.11 Å². The molecule has 0 saturated heterocycles. The number of hydrogen-bond acceptors (Lipinski definition) is 2. The second kappa shape index (κ2) is 6.03. The molecule has 1 rings (SSSR count). The van der Waals surface area contributed by atoms with Crippen molar-refractivity contribution in [3.63, 3.8) is 0 Å². The van der Waals surface area contributed by atoms with Gasteiger partial charge in [0.15, 0.2) is 0 Å². The van der Waals surface area contributed by atoms with Crippen LogP contribution in [0.2, 0.25) is 0 Å². The Morgan fingerprint density at radius 2 is 2.00 bits per heavy atom. The number of allylic oxidation sites excluding steroid dienone is 2. The van der Waals surface area contributed by atoms with Gasteiger partial charge in [-0.2, -0.15) is 0 Å². The Morgan fingerprint density at radius 3 is 2.39 bits per heavy atom. The first-order valence-electron chi connectivity index (χ1n) is 7.09. The molecule has 0 aromatic heterocycles. The first-order valence-corrected chi connectivity index (χ1v) is 7.09. The van der Waals surface area contributed by atoms with Gasteiger partial charge in [-0.15, -0.1) is 6.58 Å². The summed E-state index contributed by atoms with van der Waals surface area (Å²) in [5, 5.41) is 10.8. The quantitative estimate of drug-likeness (QED) is 0.727. The number of hydrogen-bond donors (Lipinski definition) is 1. The Balaban J connectivity index is 3.22. The Kier molecular flexibility index (Phi) is 5.18. The van der Waals surface area contributed by atoms with Gasteiger partial charge < -0.3 is 9.84 Å². The van der Waals surface area contributed by atoms with Crippen molar-refractivity contribution in [1.29, 1.82) is 0 Å². The summed E-state index contributed by atoms with van der Waals surface area (Å²) in [5.41, 5.74) is 0.756. The van der Waals surface area contributed by atoms with Gasteiger partial charge in [0.05, 0.1) is 5.60 Å². The fourth-order valence-electron chi connectivity index (χ4n) is 3.32. The van der Waals surface area contributed by atoms with Gasteiger partial charge in [0.1, 0.15) is 6.10 Å². The molecule has 0 saturated carbocycles. The molecular formula is C16H28O2. The van der Waals surface area contributed by atoms with E-state index in [0.29, 0.717) is 0 Å². The lowest BCUT2D eigenvalue weighted by Gasteiger charge is -2.48. The van der Waals surface area contributed by atoms with Gasteiger partial charge in [0.2, 0.25) is 0 Å². The molecule has 2 unspecified atom stereocenters. The normalized spacial score (nSPS) is 30.9. The minimum atomic E-state index is -0.731. The van der Waals surface area contributed by atoms with Crippen LogP contribution in [0.15, 0.2) is 24.3 Å². The van der Waals surface area contributed by atoms with Gasteiger partial charge >= 0.3 is 0 Å². The van der Waals surface area contributed by atoms with E-state index in [1.807, 2.05) is 13.0 Å². The minimum absolute atomic E-state index is 0.105. The summed E-state index contributed by atoms with van der Waals surface area (Å²) in [6, 6.07) is 0. The van der Waals surface area contributed by atoms with Crippen LogP contribution < -0.4 is 0 Å². The molecule has 0 heterocycles. The van der Waals surface area contributed by atoms with Crippen LogP contribution in [0, 0.1) is 5.41 Å². The smallest absolute Gasteiger partial charge is 0.104 e. The Morgan fingerprint density at radius 1 is 1.39 bits per heavy atom. The van der Waals surface area contributed by atoms with Crippen molar-refractivity contribution in [2.24, 2.45) is 5.41 Å². The topological polar surface area (TPSA) is 29.5 Å². The molecule has 1 N–H and O–H groups in total. The van der Waals surface area contributed by atoms with Crippen LogP contribution in [0.1, 0.15) is 52.9 Å². The predicted molar refractivity (Wildman–Crippen MR) is 76.6 cm³/mol. The van der Waals surface area contributed by atoms with Gasteiger partial charge in [-0.3, -0.25) is 0 Å². The van der Waals surface area contributed by atoms with Crippen molar-refractivity contribution < 1.29 is 9.84 Å². The molecule has 0 amide bonds. The molecule has 0 aromatic carbocycles. The van der Waals surface area contributed by atoms with E-state index < -0.39 is 5.60 Å². The van der Waals surface area contributed by atoms with Crippen LogP contribution in [-0.4, -0.2) is 23.9 Å². The molecule has 1 aliphatic carbocycles. The number of rotatable bonds is 6. The molecule has 1 aliphatic rings. The van der Waals surface area contributed by atoms with Gasteiger partial charge in [-0.25, -0.2) is 0 Å². The molecule has 0 aromatic rings. The molecule has 2 nitrogen and oxygen atoms in total. The van der Waals surface area contributed by atoms with Crippen molar-refractivity contribution >= 4 is 0 Å². The van der Waals surface area contributed by atoms with E-state index in [9.17, 15) is 5.11 Å². The lowest BCUT2D eigenvalue weighted by atomic mass is 9.61. The summed E-state index contributed by atoms with van der Waals surface area (Å²) in [4.78, 5) is 0. The zero-order valence-corrected chi connectivity index (χ0v) is 12.3. The third-order valence-electron chi connectivity index (χ3n) is 4.79. The molecule has 0 aliphatic heterocycles. The average Bonchev–Trinajstić information content (AvgIpc) is 2.40. The fraction of sp³-hybridized carbons (Fsp3) is 0.750. The highest BCUT2D eigenvalue weighted by atomic mass is 16.5. The highest BCUT2D eigenvalue weighted by Gasteiger charge is 2.47. The fourth-order valence-corrected chi connectivity index (χ4v) is 3.32. The van der Waals surface area contributed by atoms with Gasteiger partial charge in [-0.05, 0) is 37.5 Å². The summed E-state index contributed by atoms with van der Waals surface area (Å²) < 4.78 is 5.50. The van der Waals surface area contributed by atoms with Crippen molar-refractivity contribution in [2.75, 3.05) is 7.11 Å². The summed E-state index contributed by atoms with van der Waals surface area (Å²) in [6.45, 7) is 10.3. The van der Waals surface area contributed by atoms with E-state index in [1.165, 1.54) is 5.57 Å². The lowest BCUT2D eigenvalue weighted by molar-refractivity contribution is -0.106. The Hall–Kier alpha value is -0.600. The van der Waals surface area contributed by atoms with Crippen molar-refractivity contribution in [1.82, 2.24) is 0 Å². The summed E-state index contributed by atoms with van der Waals surface area (Å²) >= 11 is 0. The Bertz CT molecular complexity index is 315. The third kappa shape index (κ3) is 2.55. The number of ether oxygens (including phenoxy) is 1. The number of aliphatic hydroxyl groups is 1. The lowest BCUT2D eigenvalue weighted by Crippen LogP contribution is -2.50. The van der Waals surface area contributed by atoms with E-state index in [4.69, 9.17) is 4.74 Å². The van der Waals surface area contributed by atoms with E-state index >= 15 is 0 Å². The van der Waals surface area contributed by atoms with E-state index in [-0.39, 0.29) is 11.5 Å². The van der Waals surface area contributed by atoms with E-state index in [0.717, 1.165) is 32.1 Å². The standard InChI is InChI=1S/C16H28O2/c1-6-10-13-11-14(18-5)16(17,9-4)12-15(13,7-2)8-3/h6,11,14,17H,1,7-10,12H2,2-5H3. The van der Waals surface area contributed by atoms with E-state index in [2.05, 4.69) is 26.5 Å². The molecule has 2 heteroatoms. The monoisotopic (exact) mass is 252 g/mol. The van der Waals surface area contributed by atoms with Crippen molar-refractivity contribution in [3.05, 3.63) is 24.3 Å². The SMILES string of the molecule is C=CCC1=CC(OC)C(O)(CC)CC1(CC)CC. The maximum atomic E-state index is 10.8. The van der Waals surface area contributed by atoms with Crippen LogP contribution >= 0.6 is 0 Å². The molecule has 0 fully saturated rings. The summed E-state index contributed by atoms with van der Waals surface area (Å²) in [6.07, 6.45) is 8.43. The summed E-state index contributed by atoms with van der Waals surface area (Å²) in [5.74, 6) is 0. The molecule has 0 bridgehead atoms. The maximum absolute atomic E-state index is 10.8. The zero-order valence-electron chi connectivity index (χ0n) is 12.3. The molecule has 0 spiro atoms. The molecule has 18 heavy (non-hydrogen) atoms. The van der Waals surface area contributed by atoms with Crippen LogP contribution in [0.3, 0.4) is 0 Å². The van der Waals surface area contributed by atoms with E-state index in [1.54, 1.807) is 7.11 Å².